The maximum absolute atomic E-state index is 12.1. The van der Waals surface area contributed by atoms with Gasteiger partial charge in [-0.3, -0.25) is 10.1 Å². The Morgan fingerprint density at radius 3 is 2.96 bits per heavy atom. The molecule has 0 bridgehead atoms. The Morgan fingerprint density at radius 2 is 2.09 bits per heavy atom. The summed E-state index contributed by atoms with van der Waals surface area (Å²) in [5.74, 6) is -0.0960. The van der Waals surface area contributed by atoms with Crippen molar-refractivity contribution in [3.63, 3.8) is 0 Å². The van der Waals surface area contributed by atoms with Crippen LogP contribution in [0.4, 0.5) is 5.13 Å². The maximum atomic E-state index is 12.1. The monoisotopic (exact) mass is 324 g/mol. The molecular weight excluding hydrogens is 308 g/mol. The minimum absolute atomic E-state index is 0.0960. The minimum Gasteiger partial charge on any atom is -0.368 e. The third-order valence-electron chi connectivity index (χ3n) is 4.02. The lowest BCUT2D eigenvalue weighted by Gasteiger charge is -2.07. The van der Waals surface area contributed by atoms with E-state index in [1.54, 1.807) is 0 Å². The molecule has 23 heavy (non-hydrogen) atoms. The predicted octanol–water partition coefficient (Wildman–Crippen LogP) is 4.08. The number of aromatic nitrogens is 1. The van der Waals surface area contributed by atoms with Crippen molar-refractivity contribution in [1.29, 1.82) is 0 Å². The normalized spacial score (nSPS) is 17.5. The highest BCUT2D eigenvalue weighted by molar-refractivity contribution is 7.14. The van der Waals surface area contributed by atoms with E-state index in [9.17, 15) is 4.79 Å². The molecule has 2 aromatic carbocycles. The second-order valence-electron chi connectivity index (χ2n) is 5.56. The highest BCUT2D eigenvalue weighted by Crippen LogP contribution is 2.31. The number of hydrogen-bond acceptors (Lipinski definition) is 4. The van der Waals surface area contributed by atoms with Gasteiger partial charge < -0.3 is 4.74 Å². The average Bonchev–Trinajstić information content (AvgIpc) is 3.26. The van der Waals surface area contributed by atoms with E-state index in [0.717, 1.165) is 29.5 Å². The number of ether oxygens (including phenoxy) is 1. The molecule has 1 aromatic heterocycles. The second kappa shape index (κ2) is 6.10. The fourth-order valence-electron chi connectivity index (χ4n) is 2.87. The number of amides is 1. The van der Waals surface area contributed by atoms with Gasteiger partial charge in [-0.2, -0.15) is 0 Å². The van der Waals surface area contributed by atoms with Crippen LogP contribution < -0.4 is 5.32 Å². The zero-order valence-electron chi connectivity index (χ0n) is 12.5. The van der Waals surface area contributed by atoms with Crippen molar-refractivity contribution in [3.8, 4) is 11.3 Å². The van der Waals surface area contributed by atoms with Crippen molar-refractivity contribution < 1.29 is 9.53 Å². The Kier molecular flexibility index (Phi) is 3.81. The van der Waals surface area contributed by atoms with Gasteiger partial charge in [-0.05, 0) is 23.6 Å². The zero-order chi connectivity index (χ0) is 15.6. The van der Waals surface area contributed by atoms with Crippen LogP contribution >= 0.6 is 11.3 Å². The first-order valence-corrected chi connectivity index (χ1v) is 8.55. The highest BCUT2D eigenvalue weighted by Gasteiger charge is 2.24. The number of hydrogen-bond donors (Lipinski definition) is 1. The molecule has 1 amide bonds. The van der Waals surface area contributed by atoms with Gasteiger partial charge in [0.25, 0.3) is 5.91 Å². The van der Waals surface area contributed by atoms with Crippen molar-refractivity contribution >= 4 is 33.1 Å². The largest absolute Gasteiger partial charge is 0.368 e. The van der Waals surface area contributed by atoms with E-state index in [1.165, 1.54) is 16.7 Å². The molecular formula is C18H16N2O2S. The SMILES string of the molecule is O=C(Nc1nc(-c2cccc3ccccc23)cs1)C1CCCO1. The molecule has 3 aromatic rings. The molecule has 1 aliphatic rings. The molecule has 1 N–H and O–H groups in total. The maximum Gasteiger partial charge on any atom is 0.255 e. The molecule has 0 aliphatic carbocycles. The van der Waals surface area contributed by atoms with Crippen molar-refractivity contribution in [2.45, 2.75) is 18.9 Å². The summed E-state index contributed by atoms with van der Waals surface area (Å²) in [6.07, 6.45) is 1.39. The van der Waals surface area contributed by atoms with Gasteiger partial charge in [0, 0.05) is 17.6 Å². The van der Waals surface area contributed by atoms with E-state index in [4.69, 9.17) is 4.74 Å². The molecule has 5 heteroatoms. The Bertz CT molecular complexity index is 848. The number of fused-ring (bicyclic) bond motifs is 1. The average molecular weight is 324 g/mol. The molecule has 4 nitrogen and oxygen atoms in total. The predicted molar refractivity (Wildman–Crippen MR) is 92.7 cm³/mol. The number of thiazole rings is 1. The summed E-state index contributed by atoms with van der Waals surface area (Å²) in [4.78, 5) is 16.7. The number of anilines is 1. The van der Waals surface area contributed by atoms with Crippen LogP contribution in [-0.4, -0.2) is 23.6 Å². The number of nitrogens with zero attached hydrogens (tertiary/aromatic N) is 1. The Labute approximate surface area is 138 Å². The van der Waals surface area contributed by atoms with Crippen LogP contribution in [0.2, 0.25) is 0 Å². The van der Waals surface area contributed by atoms with E-state index < -0.39 is 0 Å². The van der Waals surface area contributed by atoms with E-state index in [2.05, 4.69) is 34.6 Å². The van der Waals surface area contributed by atoms with E-state index in [0.29, 0.717) is 11.7 Å². The van der Waals surface area contributed by atoms with Gasteiger partial charge in [0.1, 0.15) is 6.10 Å². The fraction of sp³-hybridized carbons (Fsp3) is 0.222. The van der Waals surface area contributed by atoms with Crippen LogP contribution in [0, 0.1) is 0 Å². The lowest BCUT2D eigenvalue weighted by Crippen LogP contribution is -2.26. The standard InChI is InChI=1S/C18H16N2O2S/c21-17(16-9-4-10-22-16)20-18-19-15(11-23-18)14-8-3-6-12-5-1-2-7-13(12)14/h1-3,5-8,11,16H,4,9-10H2,(H,19,20,21). The molecule has 1 atom stereocenters. The van der Waals surface area contributed by atoms with Crippen LogP contribution in [0.3, 0.4) is 0 Å². The summed E-state index contributed by atoms with van der Waals surface area (Å²) in [5.41, 5.74) is 1.96. The van der Waals surface area contributed by atoms with Crippen LogP contribution in [0.5, 0.6) is 0 Å². The summed E-state index contributed by atoms with van der Waals surface area (Å²) >= 11 is 1.44. The minimum atomic E-state index is -0.333. The number of rotatable bonds is 3. The molecule has 1 aliphatic heterocycles. The van der Waals surface area contributed by atoms with Gasteiger partial charge in [0.15, 0.2) is 5.13 Å². The quantitative estimate of drug-likeness (QED) is 0.790. The van der Waals surface area contributed by atoms with Gasteiger partial charge in [-0.15, -0.1) is 11.3 Å². The smallest absolute Gasteiger partial charge is 0.255 e. The van der Waals surface area contributed by atoms with Gasteiger partial charge in [-0.1, -0.05) is 42.5 Å². The van der Waals surface area contributed by atoms with Crippen molar-refractivity contribution in [1.82, 2.24) is 4.98 Å². The van der Waals surface area contributed by atoms with Crippen LogP contribution in [0.25, 0.3) is 22.0 Å². The first-order valence-electron chi connectivity index (χ1n) is 7.67. The van der Waals surface area contributed by atoms with Crippen molar-refractivity contribution in [3.05, 3.63) is 47.8 Å². The lowest BCUT2D eigenvalue weighted by molar-refractivity contribution is -0.124. The summed E-state index contributed by atoms with van der Waals surface area (Å²) in [6.45, 7) is 0.664. The van der Waals surface area contributed by atoms with Gasteiger partial charge in [0.05, 0.1) is 5.69 Å². The van der Waals surface area contributed by atoms with Gasteiger partial charge in [0.2, 0.25) is 0 Å². The van der Waals surface area contributed by atoms with E-state index in [1.807, 2.05) is 23.6 Å². The van der Waals surface area contributed by atoms with Crippen LogP contribution in [0.15, 0.2) is 47.8 Å². The molecule has 2 heterocycles. The topological polar surface area (TPSA) is 51.2 Å². The van der Waals surface area contributed by atoms with E-state index in [-0.39, 0.29) is 12.0 Å². The summed E-state index contributed by atoms with van der Waals surface area (Å²) in [7, 11) is 0. The zero-order valence-corrected chi connectivity index (χ0v) is 13.3. The third kappa shape index (κ3) is 2.85. The molecule has 1 saturated heterocycles. The number of carbonyl (C=O) groups is 1. The number of nitrogens with one attached hydrogen (secondary N) is 1. The van der Waals surface area contributed by atoms with Gasteiger partial charge >= 0.3 is 0 Å². The molecule has 116 valence electrons. The first-order chi connectivity index (χ1) is 11.3. The molecule has 1 unspecified atom stereocenters. The Balaban J connectivity index is 1.61. The van der Waals surface area contributed by atoms with Crippen molar-refractivity contribution in [2.75, 3.05) is 11.9 Å². The summed E-state index contributed by atoms with van der Waals surface area (Å²) in [6, 6.07) is 14.4. The summed E-state index contributed by atoms with van der Waals surface area (Å²) < 4.78 is 5.40. The van der Waals surface area contributed by atoms with Crippen molar-refractivity contribution in [2.24, 2.45) is 0 Å². The lowest BCUT2D eigenvalue weighted by atomic mass is 10.0. The number of carbonyl (C=O) groups excluding carboxylic acids is 1. The molecule has 0 saturated carbocycles. The first kappa shape index (κ1) is 14.4. The third-order valence-corrected chi connectivity index (χ3v) is 4.78. The molecule has 1 fully saturated rings. The molecule has 0 radical (unpaired) electrons. The Hall–Kier alpha value is -2.24. The van der Waals surface area contributed by atoms with E-state index >= 15 is 0 Å². The van der Waals surface area contributed by atoms with Crippen LogP contribution in [-0.2, 0) is 9.53 Å². The molecule has 0 spiro atoms. The highest BCUT2D eigenvalue weighted by atomic mass is 32.1. The Morgan fingerprint density at radius 1 is 1.22 bits per heavy atom. The second-order valence-corrected chi connectivity index (χ2v) is 6.41. The fourth-order valence-corrected chi connectivity index (χ4v) is 3.59. The number of benzene rings is 2. The summed E-state index contributed by atoms with van der Waals surface area (Å²) in [5, 5.41) is 7.81. The molecule has 4 rings (SSSR count). The van der Waals surface area contributed by atoms with Gasteiger partial charge in [-0.25, -0.2) is 4.98 Å². The van der Waals surface area contributed by atoms with Crippen LogP contribution in [0.1, 0.15) is 12.8 Å².